The van der Waals surface area contributed by atoms with Crippen molar-refractivity contribution in [3.05, 3.63) is 28.5 Å². The number of rotatable bonds is 3. The number of hydrogen-bond donors (Lipinski definition) is 0. The summed E-state index contributed by atoms with van der Waals surface area (Å²) in [5, 5.41) is -0.0672. The molecule has 0 bridgehead atoms. The highest BCUT2D eigenvalue weighted by atomic mass is 79.9. The van der Waals surface area contributed by atoms with E-state index >= 15 is 0 Å². The third-order valence-corrected chi connectivity index (χ3v) is 5.06. The number of hydrogen-bond acceptors (Lipinski definition) is 2. The van der Waals surface area contributed by atoms with Crippen LogP contribution >= 0.6 is 27.5 Å². The van der Waals surface area contributed by atoms with Crippen LogP contribution in [0.4, 0.5) is 0 Å². The van der Waals surface area contributed by atoms with Gasteiger partial charge in [-0.25, -0.2) is 4.98 Å². The lowest BCUT2D eigenvalue weighted by Crippen LogP contribution is -2.32. The first-order valence-electron chi connectivity index (χ1n) is 7.53. The zero-order chi connectivity index (χ0) is 15.0. The van der Waals surface area contributed by atoms with Gasteiger partial charge >= 0.3 is 0 Å². The van der Waals surface area contributed by atoms with Crippen molar-refractivity contribution >= 4 is 38.6 Å². The van der Waals surface area contributed by atoms with Crippen molar-refractivity contribution in [1.29, 1.82) is 0 Å². The number of halogens is 2. The van der Waals surface area contributed by atoms with Crippen molar-refractivity contribution in [3.8, 4) is 0 Å². The molecule has 0 spiro atoms. The fraction of sp³-hybridized carbons (Fsp3) is 0.562. The van der Waals surface area contributed by atoms with Crippen LogP contribution in [0, 0.1) is 5.92 Å². The molecule has 114 valence electrons. The second-order valence-electron chi connectivity index (χ2n) is 6.08. The average Bonchev–Trinajstić information content (AvgIpc) is 2.80. The smallest absolute Gasteiger partial charge is 0.127 e. The van der Waals surface area contributed by atoms with Crippen molar-refractivity contribution in [3.63, 3.8) is 0 Å². The van der Waals surface area contributed by atoms with Crippen LogP contribution in [0.1, 0.15) is 31.0 Å². The first-order chi connectivity index (χ1) is 10.0. The molecule has 1 aliphatic rings. The highest BCUT2D eigenvalue weighted by Gasteiger charge is 2.21. The molecule has 1 aliphatic heterocycles. The second kappa shape index (κ2) is 6.27. The Bertz CT molecular complexity index is 630. The maximum absolute atomic E-state index is 6.36. The Hall–Kier alpha value is -0.580. The SMILES string of the molecule is CC(Cl)c1nc2ccc(Br)cc2n1CC1CCN(C)CC1. The van der Waals surface area contributed by atoms with Crippen LogP contribution < -0.4 is 0 Å². The number of likely N-dealkylation sites (tertiary alicyclic amines) is 1. The van der Waals surface area contributed by atoms with E-state index in [9.17, 15) is 0 Å². The fourth-order valence-electron chi connectivity index (χ4n) is 3.11. The van der Waals surface area contributed by atoms with E-state index in [1.165, 1.54) is 31.4 Å². The molecule has 21 heavy (non-hydrogen) atoms. The van der Waals surface area contributed by atoms with Crippen molar-refractivity contribution in [2.75, 3.05) is 20.1 Å². The summed E-state index contributed by atoms with van der Waals surface area (Å²) in [7, 11) is 2.20. The summed E-state index contributed by atoms with van der Waals surface area (Å²) in [6.07, 6.45) is 2.50. The van der Waals surface area contributed by atoms with Gasteiger partial charge in [0.2, 0.25) is 0 Å². The van der Waals surface area contributed by atoms with Gasteiger partial charge in [-0.15, -0.1) is 11.6 Å². The largest absolute Gasteiger partial charge is 0.326 e. The van der Waals surface area contributed by atoms with Gasteiger partial charge < -0.3 is 9.47 Å². The normalized spacial score (nSPS) is 19.2. The fourth-order valence-corrected chi connectivity index (χ4v) is 3.63. The van der Waals surface area contributed by atoms with E-state index < -0.39 is 0 Å². The molecule has 2 heterocycles. The van der Waals surface area contributed by atoms with Gasteiger partial charge in [-0.05, 0) is 64.0 Å². The van der Waals surface area contributed by atoms with Crippen molar-refractivity contribution in [2.24, 2.45) is 5.92 Å². The molecule has 1 fully saturated rings. The van der Waals surface area contributed by atoms with Crippen LogP contribution in [0.25, 0.3) is 11.0 Å². The molecule has 3 rings (SSSR count). The van der Waals surface area contributed by atoms with Crippen LogP contribution in [0.2, 0.25) is 0 Å². The summed E-state index contributed by atoms with van der Waals surface area (Å²) < 4.78 is 3.42. The minimum absolute atomic E-state index is 0.0672. The molecular formula is C16H21BrClN3. The van der Waals surface area contributed by atoms with Gasteiger partial charge in [0.25, 0.3) is 0 Å². The monoisotopic (exact) mass is 369 g/mol. The average molecular weight is 371 g/mol. The third-order valence-electron chi connectivity index (χ3n) is 4.37. The molecule has 1 atom stereocenters. The number of piperidine rings is 1. The molecule has 0 amide bonds. The molecule has 5 heteroatoms. The van der Waals surface area contributed by atoms with Gasteiger partial charge in [-0.2, -0.15) is 0 Å². The van der Waals surface area contributed by atoms with E-state index in [4.69, 9.17) is 16.6 Å². The number of fused-ring (bicyclic) bond motifs is 1. The molecule has 0 aliphatic carbocycles. The Balaban J connectivity index is 1.95. The highest BCUT2D eigenvalue weighted by Crippen LogP contribution is 2.29. The Labute approximate surface area is 139 Å². The predicted molar refractivity (Wildman–Crippen MR) is 91.9 cm³/mol. The van der Waals surface area contributed by atoms with Crippen LogP contribution in [0.15, 0.2) is 22.7 Å². The van der Waals surface area contributed by atoms with Gasteiger partial charge in [0.05, 0.1) is 16.4 Å². The first kappa shape index (κ1) is 15.3. The van der Waals surface area contributed by atoms with Crippen LogP contribution in [0.5, 0.6) is 0 Å². The molecule has 0 radical (unpaired) electrons. The van der Waals surface area contributed by atoms with E-state index in [1.54, 1.807) is 0 Å². The molecule has 1 unspecified atom stereocenters. The van der Waals surface area contributed by atoms with Gasteiger partial charge in [0.15, 0.2) is 0 Å². The van der Waals surface area contributed by atoms with E-state index in [0.717, 1.165) is 22.4 Å². The summed E-state index contributed by atoms with van der Waals surface area (Å²) in [5.41, 5.74) is 2.22. The molecule has 3 nitrogen and oxygen atoms in total. The summed E-state index contributed by atoms with van der Waals surface area (Å²) in [6.45, 7) is 5.40. The summed E-state index contributed by atoms with van der Waals surface area (Å²) in [5.74, 6) is 1.70. The maximum Gasteiger partial charge on any atom is 0.127 e. The second-order valence-corrected chi connectivity index (χ2v) is 7.65. The van der Waals surface area contributed by atoms with E-state index in [-0.39, 0.29) is 5.38 Å². The van der Waals surface area contributed by atoms with Gasteiger partial charge in [0, 0.05) is 11.0 Å². The Morgan fingerprint density at radius 2 is 2.10 bits per heavy atom. The van der Waals surface area contributed by atoms with Crippen LogP contribution in [-0.4, -0.2) is 34.6 Å². The van der Waals surface area contributed by atoms with Crippen molar-refractivity contribution in [1.82, 2.24) is 14.5 Å². The summed E-state index contributed by atoms with van der Waals surface area (Å²) in [4.78, 5) is 7.14. The van der Waals surface area contributed by atoms with E-state index in [1.807, 2.05) is 13.0 Å². The summed E-state index contributed by atoms with van der Waals surface area (Å²) >= 11 is 9.92. The number of benzene rings is 1. The molecule has 0 saturated carbocycles. The lowest BCUT2D eigenvalue weighted by Gasteiger charge is -2.29. The molecule has 1 aromatic heterocycles. The zero-order valence-electron chi connectivity index (χ0n) is 12.5. The molecule has 2 aromatic rings. The van der Waals surface area contributed by atoms with Crippen LogP contribution in [-0.2, 0) is 6.54 Å². The number of nitrogens with zero attached hydrogens (tertiary/aromatic N) is 3. The predicted octanol–water partition coefficient (Wildman–Crippen LogP) is 4.44. The van der Waals surface area contributed by atoms with Gasteiger partial charge in [-0.1, -0.05) is 15.9 Å². The number of alkyl halides is 1. The Kier molecular flexibility index (Phi) is 4.57. The van der Waals surface area contributed by atoms with Crippen molar-refractivity contribution < 1.29 is 0 Å². The Morgan fingerprint density at radius 3 is 2.76 bits per heavy atom. The third kappa shape index (κ3) is 3.27. The minimum atomic E-state index is -0.0672. The molecule has 1 aromatic carbocycles. The van der Waals surface area contributed by atoms with E-state index in [0.29, 0.717) is 5.92 Å². The lowest BCUT2D eigenvalue weighted by molar-refractivity contribution is 0.205. The Morgan fingerprint density at radius 1 is 1.38 bits per heavy atom. The number of aromatic nitrogens is 2. The lowest BCUT2D eigenvalue weighted by atomic mass is 9.97. The zero-order valence-corrected chi connectivity index (χ0v) is 14.9. The maximum atomic E-state index is 6.36. The summed E-state index contributed by atoms with van der Waals surface area (Å²) in [6, 6.07) is 6.26. The first-order valence-corrected chi connectivity index (χ1v) is 8.76. The minimum Gasteiger partial charge on any atom is -0.326 e. The van der Waals surface area contributed by atoms with Crippen LogP contribution in [0.3, 0.4) is 0 Å². The number of imidazole rings is 1. The molecule has 0 N–H and O–H groups in total. The van der Waals surface area contributed by atoms with E-state index in [2.05, 4.69) is 44.6 Å². The quantitative estimate of drug-likeness (QED) is 0.745. The topological polar surface area (TPSA) is 21.1 Å². The van der Waals surface area contributed by atoms with Gasteiger partial charge in [-0.3, -0.25) is 0 Å². The molecule has 1 saturated heterocycles. The standard InChI is InChI=1S/C16H21BrClN3/c1-11(18)16-19-14-4-3-13(17)9-15(14)21(16)10-12-5-7-20(2)8-6-12/h3-4,9,11-12H,5-8,10H2,1-2H3. The van der Waals surface area contributed by atoms with Gasteiger partial charge in [0.1, 0.15) is 5.82 Å². The molecular weight excluding hydrogens is 350 g/mol. The van der Waals surface area contributed by atoms with Crippen molar-refractivity contribution in [2.45, 2.75) is 31.7 Å². The highest BCUT2D eigenvalue weighted by molar-refractivity contribution is 9.10.